The predicted octanol–water partition coefficient (Wildman–Crippen LogP) is 1.96. The van der Waals surface area contributed by atoms with E-state index in [0.717, 1.165) is 30.9 Å². The zero-order chi connectivity index (χ0) is 21.8. The number of aromatic nitrogens is 2. The highest BCUT2D eigenvalue weighted by atomic mass is 16.5. The van der Waals surface area contributed by atoms with Crippen LogP contribution in [0.1, 0.15) is 30.9 Å². The molecule has 2 fully saturated rings. The fraction of sp³-hybridized carbons (Fsp3) is 0.478. The number of amides is 1. The van der Waals surface area contributed by atoms with E-state index >= 15 is 0 Å². The van der Waals surface area contributed by atoms with Crippen molar-refractivity contribution in [3.05, 3.63) is 47.8 Å². The Morgan fingerprint density at radius 1 is 1.32 bits per heavy atom. The van der Waals surface area contributed by atoms with Gasteiger partial charge in [-0.2, -0.15) is 5.26 Å². The molecule has 0 aliphatic carbocycles. The summed E-state index contributed by atoms with van der Waals surface area (Å²) in [4.78, 5) is 25.8. The molecule has 0 spiro atoms. The van der Waals surface area contributed by atoms with Gasteiger partial charge in [0, 0.05) is 57.1 Å². The van der Waals surface area contributed by atoms with E-state index in [1.807, 2.05) is 29.2 Å². The first-order chi connectivity index (χ1) is 15.1. The maximum atomic E-state index is 12.8. The Bertz CT molecular complexity index is 957. The lowest BCUT2D eigenvalue weighted by molar-refractivity contribution is -0.132. The van der Waals surface area contributed by atoms with Gasteiger partial charge in [-0.05, 0) is 36.1 Å². The smallest absolute Gasteiger partial charge is 0.223 e. The highest BCUT2D eigenvalue weighted by Gasteiger charge is 2.45. The monoisotopic (exact) mass is 420 g/mol. The fourth-order valence-electron chi connectivity index (χ4n) is 4.65. The molecule has 2 saturated heterocycles. The summed E-state index contributed by atoms with van der Waals surface area (Å²) in [6.45, 7) is 5.00. The van der Waals surface area contributed by atoms with E-state index in [0.29, 0.717) is 36.9 Å². The van der Waals surface area contributed by atoms with Crippen LogP contribution < -0.4 is 15.0 Å². The quantitative estimate of drug-likeness (QED) is 0.684. The summed E-state index contributed by atoms with van der Waals surface area (Å²) in [6.07, 6.45) is 4.88. The molecule has 1 amide bonds. The Balaban J connectivity index is 1.30. The number of hydrogen-bond donors (Lipinski definition) is 1. The molecule has 2 bridgehead atoms. The van der Waals surface area contributed by atoms with Crippen molar-refractivity contribution in [2.45, 2.75) is 38.4 Å². The molecule has 4 rings (SSSR count). The van der Waals surface area contributed by atoms with Gasteiger partial charge in [0.2, 0.25) is 11.8 Å². The number of likely N-dealkylation sites (tertiary alicyclic amines) is 1. The third-order valence-electron chi connectivity index (χ3n) is 6.24. The van der Waals surface area contributed by atoms with Gasteiger partial charge in [0.25, 0.3) is 0 Å². The van der Waals surface area contributed by atoms with E-state index < -0.39 is 0 Å². The van der Waals surface area contributed by atoms with Crippen molar-refractivity contribution in [3.8, 4) is 11.9 Å². The van der Waals surface area contributed by atoms with Crippen molar-refractivity contribution >= 4 is 11.7 Å². The average molecular weight is 421 g/mol. The van der Waals surface area contributed by atoms with E-state index in [9.17, 15) is 4.79 Å². The molecule has 2 aliphatic heterocycles. The van der Waals surface area contributed by atoms with Crippen LogP contribution in [0.5, 0.6) is 5.88 Å². The van der Waals surface area contributed by atoms with Crippen molar-refractivity contribution in [3.63, 3.8) is 0 Å². The minimum Gasteiger partial charge on any atom is -0.481 e. The van der Waals surface area contributed by atoms with Gasteiger partial charge in [0.15, 0.2) is 0 Å². The summed E-state index contributed by atoms with van der Waals surface area (Å²) in [5, 5.41) is 12.3. The lowest BCUT2D eigenvalue weighted by atomic mass is 10.0. The zero-order valence-corrected chi connectivity index (χ0v) is 18.0. The molecular formula is C23H28N6O2. The van der Waals surface area contributed by atoms with Crippen LogP contribution >= 0.6 is 0 Å². The van der Waals surface area contributed by atoms with Gasteiger partial charge in [-0.25, -0.2) is 9.97 Å². The van der Waals surface area contributed by atoms with Gasteiger partial charge in [-0.15, -0.1) is 0 Å². The molecule has 2 aromatic rings. The molecule has 1 N–H and O–H groups in total. The molecule has 31 heavy (non-hydrogen) atoms. The third-order valence-corrected chi connectivity index (χ3v) is 6.24. The molecule has 162 valence electrons. The van der Waals surface area contributed by atoms with E-state index in [2.05, 4.69) is 33.2 Å². The molecule has 4 heterocycles. The van der Waals surface area contributed by atoms with Crippen molar-refractivity contribution in [2.75, 3.05) is 31.6 Å². The lowest BCUT2D eigenvalue weighted by Crippen LogP contribution is -2.56. The van der Waals surface area contributed by atoms with Gasteiger partial charge in [-0.1, -0.05) is 6.92 Å². The average Bonchev–Trinajstić information content (AvgIpc) is 3.00. The van der Waals surface area contributed by atoms with Gasteiger partial charge in [0.1, 0.15) is 11.9 Å². The second-order valence-corrected chi connectivity index (χ2v) is 8.29. The Morgan fingerprint density at radius 3 is 2.90 bits per heavy atom. The van der Waals surface area contributed by atoms with E-state index in [-0.39, 0.29) is 18.0 Å². The molecule has 2 aliphatic rings. The number of anilines is 1. The van der Waals surface area contributed by atoms with E-state index in [1.165, 1.54) is 0 Å². The summed E-state index contributed by atoms with van der Waals surface area (Å²) < 4.78 is 5.14. The lowest BCUT2D eigenvalue weighted by Gasteiger charge is -2.42. The second-order valence-electron chi connectivity index (χ2n) is 8.29. The number of nitriles is 1. The third kappa shape index (κ3) is 4.62. The molecule has 3 atom stereocenters. The number of methoxy groups -OCH3 is 1. The van der Waals surface area contributed by atoms with Crippen molar-refractivity contribution in [2.24, 2.45) is 5.92 Å². The first kappa shape index (κ1) is 21.1. The van der Waals surface area contributed by atoms with Crippen LogP contribution in [-0.4, -0.2) is 59.6 Å². The number of pyridine rings is 2. The summed E-state index contributed by atoms with van der Waals surface area (Å²) in [5.41, 5.74) is 1.64. The van der Waals surface area contributed by atoms with Crippen LogP contribution in [0.3, 0.4) is 0 Å². The number of piperazine rings is 1. The Labute approximate surface area is 182 Å². The summed E-state index contributed by atoms with van der Waals surface area (Å²) in [7, 11) is 1.60. The van der Waals surface area contributed by atoms with Gasteiger partial charge in [0.05, 0.1) is 18.7 Å². The minimum absolute atomic E-state index is 0.191. The SMILES string of the molecule is COc1cc(CNCCC(=O)N2CC3C[C@H](C)C(C2)N3c2ccc(C#N)cn2)ccn1. The number of nitrogens with zero attached hydrogens (tertiary/aromatic N) is 5. The number of carbonyl (C=O) groups excluding carboxylic acids is 1. The summed E-state index contributed by atoms with van der Waals surface area (Å²) in [5.74, 6) is 2.19. The maximum absolute atomic E-state index is 12.8. The molecule has 0 radical (unpaired) electrons. The van der Waals surface area contributed by atoms with Gasteiger partial charge >= 0.3 is 0 Å². The Kier molecular flexibility index (Phi) is 6.33. The van der Waals surface area contributed by atoms with Crippen LogP contribution in [0.4, 0.5) is 5.82 Å². The Hall–Kier alpha value is -3.18. The number of carbonyl (C=O) groups is 1. The predicted molar refractivity (Wildman–Crippen MR) is 116 cm³/mol. The van der Waals surface area contributed by atoms with Crippen LogP contribution in [0.15, 0.2) is 36.7 Å². The molecule has 0 aromatic carbocycles. The highest BCUT2D eigenvalue weighted by molar-refractivity contribution is 5.77. The number of nitrogens with one attached hydrogen (secondary N) is 1. The number of rotatable bonds is 7. The molecule has 2 unspecified atom stereocenters. The molecule has 2 aromatic heterocycles. The first-order valence-corrected chi connectivity index (χ1v) is 10.7. The first-order valence-electron chi connectivity index (χ1n) is 10.7. The summed E-state index contributed by atoms with van der Waals surface area (Å²) in [6, 6.07) is 10.2. The second kappa shape index (κ2) is 9.31. The summed E-state index contributed by atoms with van der Waals surface area (Å²) >= 11 is 0. The number of ether oxygens (including phenoxy) is 1. The largest absolute Gasteiger partial charge is 0.481 e. The fourth-order valence-corrected chi connectivity index (χ4v) is 4.65. The highest BCUT2D eigenvalue weighted by Crippen LogP contribution is 2.37. The van der Waals surface area contributed by atoms with Gasteiger partial charge in [-0.3, -0.25) is 4.79 Å². The van der Waals surface area contributed by atoms with Crippen molar-refractivity contribution in [1.29, 1.82) is 5.26 Å². The Morgan fingerprint density at radius 2 is 2.19 bits per heavy atom. The normalized spacial score (nSPS) is 22.3. The molecule has 8 heteroatoms. The number of hydrogen-bond acceptors (Lipinski definition) is 7. The van der Waals surface area contributed by atoms with Crippen LogP contribution in [0.25, 0.3) is 0 Å². The van der Waals surface area contributed by atoms with E-state index in [4.69, 9.17) is 10.00 Å². The van der Waals surface area contributed by atoms with Crippen LogP contribution in [0.2, 0.25) is 0 Å². The standard InChI is InChI=1S/C23H28N6O2/c1-16-9-19-14-28(15-20(16)29(19)21-4-3-18(11-24)13-27-21)23(30)6-7-25-12-17-5-8-26-22(10-17)31-2/h3-5,8,10,13,16,19-20,25H,6-7,9,12,14-15H2,1-2H3/t16-,19?,20?/m0/s1. The molecule has 0 saturated carbocycles. The van der Waals surface area contributed by atoms with Crippen LogP contribution in [-0.2, 0) is 11.3 Å². The maximum Gasteiger partial charge on any atom is 0.223 e. The van der Waals surface area contributed by atoms with Crippen molar-refractivity contribution in [1.82, 2.24) is 20.2 Å². The number of fused-ring (bicyclic) bond motifs is 2. The van der Waals surface area contributed by atoms with Gasteiger partial charge < -0.3 is 19.9 Å². The molecule has 8 nitrogen and oxygen atoms in total. The van der Waals surface area contributed by atoms with Crippen LogP contribution in [0, 0.1) is 17.2 Å². The topological polar surface area (TPSA) is 94.4 Å². The van der Waals surface area contributed by atoms with E-state index in [1.54, 1.807) is 19.5 Å². The molecular weight excluding hydrogens is 392 g/mol. The minimum atomic E-state index is 0.191. The zero-order valence-electron chi connectivity index (χ0n) is 18.0. The van der Waals surface area contributed by atoms with Crippen molar-refractivity contribution < 1.29 is 9.53 Å².